The molecule has 1 aromatic carbocycles. The molecule has 1 aliphatic heterocycles. The zero-order chi connectivity index (χ0) is 17.1. The van der Waals surface area contributed by atoms with Gasteiger partial charge in [-0.05, 0) is 19.1 Å². The number of likely N-dealkylation sites (N-methyl/N-ethyl adjacent to an activating group) is 1. The second-order valence-electron chi connectivity index (χ2n) is 5.14. The van der Waals surface area contributed by atoms with Gasteiger partial charge in [-0.15, -0.1) is 16.1 Å². The van der Waals surface area contributed by atoms with Crippen LogP contribution in [0.5, 0.6) is 5.75 Å². The molecule has 0 bridgehead atoms. The van der Waals surface area contributed by atoms with Crippen LogP contribution in [0.15, 0.2) is 30.3 Å². The Balaban J connectivity index is 1.84. The van der Waals surface area contributed by atoms with Crippen molar-refractivity contribution in [2.24, 2.45) is 0 Å². The third-order valence-electron chi connectivity index (χ3n) is 3.40. The van der Waals surface area contributed by atoms with Gasteiger partial charge in [-0.1, -0.05) is 35.5 Å². The number of β-amino-alcohol motifs (C(OH)–C–C–N with tert-alkyl or cyclic N) is 1. The summed E-state index contributed by atoms with van der Waals surface area (Å²) in [4.78, 5) is 14.7. The molecule has 2 amide bonds. The molecule has 3 rings (SSSR count). The van der Waals surface area contributed by atoms with Crippen LogP contribution in [0.25, 0.3) is 0 Å². The lowest BCUT2D eigenvalue weighted by atomic mass is 10.3. The Hall–Kier alpha value is -2.63. The molecule has 1 fully saturated rings. The Morgan fingerprint density at radius 1 is 1.38 bits per heavy atom. The van der Waals surface area contributed by atoms with E-state index in [4.69, 9.17) is 4.74 Å². The molecule has 124 valence electrons. The summed E-state index contributed by atoms with van der Waals surface area (Å²) < 4.78 is 5.85. The number of rotatable bonds is 4. The van der Waals surface area contributed by atoms with Crippen molar-refractivity contribution in [3.05, 3.63) is 35.3 Å². The molecule has 1 N–H and O–H groups in total. The Morgan fingerprint density at radius 3 is 2.75 bits per heavy atom. The van der Waals surface area contributed by atoms with E-state index in [1.807, 2.05) is 30.3 Å². The minimum atomic E-state index is -0.936. The summed E-state index contributed by atoms with van der Waals surface area (Å²) >= 11 is 1.18. The molecule has 0 aliphatic carbocycles. The van der Waals surface area contributed by atoms with Crippen molar-refractivity contribution in [1.82, 2.24) is 15.1 Å². The molecule has 1 saturated heterocycles. The molecule has 1 aliphatic rings. The molecular weight excluding hydrogens is 328 g/mol. The van der Waals surface area contributed by atoms with Gasteiger partial charge in [-0.25, -0.2) is 9.69 Å². The first-order chi connectivity index (χ1) is 11.6. The summed E-state index contributed by atoms with van der Waals surface area (Å²) in [6.45, 7) is 1.94. The van der Waals surface area contributed by atoms with Gasteiger partial charge in [0.15, 0.2) is 11.2 Å². The zero-order valence-corrected chi connectivity index (χ0v) is 14.0. The number of urea groups is 1. The van der Waals surface area contributed by atoms with Crippen molar-refractivity contribution >= 4 is 22.5 Å². The van der Waals surface area contributed by atoms with Gasteiger partial charge in [-0.3, -0.25) is 0 Å². The number of anilines is 1. The third-order valence-corrected chi connectivity index (χ3v) is 4.37. The summed E-state index contributed by atoms with van der Waals surface area (Å²) in [5.74, 6) is 6.42. The van der Waals surface area contributed by atoms with Gasteiger partial charge in [0.2, 0.25) is 11.2 Å². The molecule has 2 atom stereocenters. The molecule has 0 spiro atoms. The van der Waals surface area contributed by atoms with Gasteiger partial charge in [0.1, 0.15) is 5.75 Å². The van der Waals surface area contributed by atoms with Crippen LogP contribution < -0.4 is 9.64 Å². The largest absolute Gasteiger partial charge is 0.470 e. The van der Waals surface area contributed by atoms with Crippen molar-refractivity contribution < 1.29 is 14.6 Å². The van der Waals surface area contributed by atoms with Crippen LogP contribution in [-0.4, -0.2) is 46.1 Å². The molecule has 2 heterocycles. The monoisotopic (exact) mass is 344 g/mol. The lowest BCUT2D eigenvalue weighted by molar-refractivity contribution is 0.183. The van der Waals surface area contributed by atoms with E-state index in [0.717, 1.165) is 0 Å². The minimum absolute atomic E-state index is 0.229. The van der Waals surface area contributed by atoms with Crippen LogP contribution >= 0.6 is 11.3 Å². The molecular formula is C16H16N4O3S. The van der Waals surface area contributed by atoms with E-state index in [1.54, 1.807) is 14.0 Å². The highest BCUT2D eigenvalue weighted by Crippen LogP contribution is 2.31. The Kier molecular flexibility index (Phi) is 4.64. The number of benzene rings is 1. The van der Waals surface area contributed by atoms with E-state index in [2.05, 4.69) is 22.0 Å². The quantitative estimate of drug-likeness (QED) is 0.857. The molecule has 24 heavy (non-hydrogen) atoms. The Labute approximate surface area is 143 Å². The third kappa shape index (κ3) is 3.18. The van der Waals surface area contributed by atoms with Crippen LogP contribution in [0.2, 0.25) is 0 Å². The molecule has 2 unspecified atom stereocenters. The van der Waals surface area contributed by atoms with E-state index in [-0.39, 0.29) is 12.6 Å². The second-order valence-corrected chi connectivity index (χ2v) is 6.13. The fourth-order valence-corrected chi connectivity index (χ4v) is 3.13. The van der Waals surface area contributed by atoms with Crippen molar-refractivity contribution in [2.45, 2.75) is 19.3 Å². The van der Waals surface area contributed by atoms with Gasteiger partial charge in [-0.2, -0.15) is 0 Å². The van der Waals surface area contributed by atoms with E-state index < -0.39 is 12.3 Å². The summed E-state index contributed by atoms with van der Waals surface area (Å²) in [5.41, 5.74) is 0. The summed E-state index contributed by atoms with van der Waals surface area (Å²) in [5, 5.41) is 19.0. The number of nitrogens with zero attached hydrogens (tertiary/aromatic N) is 4. The van der Waals surface area contributed by atoms with Gasteiger partial charge < -0.3 is 14.7 Å². The second kappa shape index (κ2) is 6.86. The van der Waals surface area contributed by atoms with Crippen molar-refractivity contribution in [2.75, 3.05) is 18.5 Å². The number of para-hydroxylation sites is 1. The van der Waals surface area contributed by atoms with Gasteiger partial charge >= 0.3 is 6.03 Å². The van der Waals surface area contributed by atoms with E-state index >= 15 is 0 Å². The maximum Gasteiger partial charge on any atom is 0.328 e. The van der Waals surface area contributed by atoms with Gasteiger partial charge in [0.25, 0.3) is 0 Å². The normalized spacial score (nSPS) is 18.3. The Morgan fingerprint density at radius 2 is 2.12 bits per heavy atom. The number of hydrogen-bond donors (Lipinski definition) is 1. The number of carbonyl (C=O) groups is 1. The highest BCUT2D eigenvalue weighted by atomic mass is 32.1. The molecule has 0 radical (unpaired) electrons. The molecule has 0 saturated carbocycles. The first kappa shape index (κ1) is 16.2. The zero-order valence-electron chi connectivity index (χ0n) is 13.2. The number of carbonyl (C=O) groups excluding carboxylic acids is 1. The van der Waals surface area contributed by atoms with Gasteiger partial charge in [0, 0.05) is 7.05 Å². The fraction of sp³-hybridized carbons (Fsp3) is 0.312. The minimum Gasteiger partial charge on any atom is -0.470 e. The lowest BCUT2D eigenvalue weighted by Gasteiger charge is -2.14. The maximum atomic E-state index is 12.1. The maximum absolute atomic E-state index is 12.1. The Bertz CT molecular complexity index is 783. The highest BCUT2D eigenvalue weighted by Gasteiger charge is 2.37. The van der Waals surface area contributed by atoms with Crippen LogP contribution in [0.4, 0.5) is 9.93 Å². The summed E-state index contributed by atoms with van der Waals surface area (Å²) in [7, 11) is 1.62. The van der Waals surface area contributed by atoms with Crippen molar-refractivity contribution in [3.63, 3.8) is 0 Å². The number of ether oxygens (including phenoxy) is 1. The molecule has 1 aromatic heterocycles. The first-order valence-corrected chi connectivity index (χ1v) is 8.11. The SMILES string of the molecule is CC#CC(Oc1ccccc1)c1nnc(N2C(=O)N(C)CC2O)s1. The average Bonchev–Trinajstić information content (AvgIpc) is 3.13. The number of hydrogen-bond acceptors (Lipinski definition) is 6. The standard InChI is InChI=1S/C16H16N4O3S/c1-3-7-12(23-11-8-5-4-6-9-11)14-17-18-15(24-14)20-13(21)10-19(2)16(20)22/h4-6,8-9,12-13,21H,10H2,1-2H3. The molecule has 7 nitrogen and oxygen atoms in total. The lowest BCUT2D eigenvalue weighted by Crippen LogP contribution is -2.34. The van der Waals surface area contributed by atoms with E-state index in [0.29, 0.717) is 15.9 Å². The summed E-state index contributed by atoms with van der Waals surface area (Å²) in [6, 6.07) is 8.98. The smallest absolute Gasteiger partial charge is 0.328 e. The highest BCUT2D eigenvalue weighted by molar-refractivity contribution is 7.15. The number of aromatic nitrogens is 2. The topological polar surface area (TPSA) is 78.8 Å². The predicted octanol–water partition coefficient (Wildman–Crippen LogP) is 1.87. The van der Waals surface area contributed by atoms with Crippen LogP contribution in [0, 0.1) is 11.8 Å². The van der Waals surface area contributed by atoms with E-state index in [9.17, 15) is 9.90 Å². The predicted molar refractivity (Wildman–Crippen MR) is 89.7 cm³/mol. The van der Waals surface area contributed by atoms with E-state index in [1.165, 1.54) is 21.1 Å². The van der Waals surface area contributed by atoms with Crippen LogP contribution in [0.1, 0.15) is 18.0 Å². The molecule has 2 aromatic rings. The average molecular weight is 344 g/mol. The first-order valence-electron chi connectivity index (χ1n) is 7.30. The number of aliphatic hydroxyl groups excluding tert-OH is 1. The van der Waals surface area contributed by atoms with Crippen molar-refractivity contribution in [1.29, 1.82) is 0 Å². The fourth-order valence-electron chi connectivity index (χ4n) is 2.26. The van der Waals surface area contributed by atoms with Crippen LogP contribution in [-0.2, 0) is 0 Å². The summed E-state index contributed by atoms with van der Waals surface area (Å²) in [6.07, 6.45) is -1.52. The number of aliphatic hydroxyl groups is 1. The number of amides is 2. The molecule has 8 heteroatoms. The van der Waals surface area contributed by atoms with Gasteiger partial charge in [0.05, 0.1) is 6.54 Å². The van der Waals surface area contributed by atoms with Crippen molar-refractivity contribution in [3.8, 4) is 17.6 Å². The van der Waals surface area contributed by atoms with Crippen LogP contribution in [0.3, 0.4) is 0 Å².